The zero-order chi connectivity index (χ0) is 15.7. The van der Waals surface area contributed by atoms with Gasteiger partial charge in [0.05, 0.1) is 5.71 Å². The van der Waals surface area contributed by atoms with E-state index < -0.39 is 0 Å². The summed E-state index contributed by atoms with van der Waals surface area (Å²) in [6.45, 7) is 5.11. The maximum absolute atomic E-state index is 8.59. The molecule has 3 N–H and O–H groups in total. The molecule has 3 rings (SSSR count). The molecule has 0 spiro atoms. The Bertz CT molecular complexity index is 746. The Kier molecular flexibility index (Phi) is 3.67. The number of hydrogen-bond donors (Lipinski definition) is 2. The average molecular weight is 292 g/mol. The molecule has 0 radical (unpaired) electrons. The van der Waals surface area contributed by atoms with Gasteiger partial charge in [0, 0.05) is 29.4 Å². The van der Waals surface area contributed by atoms with Crippen LogP contribution in [0.5, 0.6) is 0 Å². The van der Waals surface area contributed by atoms with Crippen molar-refractivity contribution in [2.24, 2.45) is 10.9 Å². The number of nitrogens with two attached hydrogens (primary N) is 1. The molecule has 0 saturated heterocycles. The van der Waals surface area contributed by atoms with Crippen LogP contribution in [0, 0.1) is 5.41 Å². The van der Waals surface area contributed by atoms with Crippen molar-refractivity contribution >= 4 is 17.1 Å². The number of para-hydroxylation sites is 1. The van der Waals surface area contributed by atoms with Crippen LogP contribution in [0.25, 0.3) is 0 Å². The third-order valence-corrected chi connectivity index (χ3v) is 4.09. The van der Waals surface area contributed by atoms with Crippen LogP contribution in [0.4, 0.5) is 5.69 Å². The Morgan fingerprint density at radius 3 is 2.36 bits per heavy atom. The highest BCUT2D eigenvalue weighted by Gasteiger charge is 2.25. The number of fused-ring (bicyclic) bond motifs is 2. The fourth-order valence-corrected chi connectivity index (χ4v) is 2.95. The quantitative estimate of drug-likeness (QED) is 0.626. The monoisotopic (exact) mass is 292 g/mol. The second kappa shape index (κ2) is 5.64. The van der Waals surface area contributed by atoms with Crippen LogP contribution >= 0.6 is 0 Å². The predicted molar refractivity (Wildman–Crippen MR) is 91.8 cm³/mol. The molecule has 0 amide bonds. The summed E-state index contributed by atoms with van der Waals surface area (Å²) in [6.07, 6.45) is 0. The molecule has 0 bridgehead atoms. The van der Waals surface area contributed by atoms with Crippen molar-refractivity contribution in [3.05, 3.63) is 65.2 Å². The number of nitrogens with zero attached hydrogens (tertiary/aromatic N) is 2. The molecule has 2 aromatic rings. The highest BCUT2D eigenvalue weighted by Crippen LogP contribution is 2.29. The Hall–Kier alpha value is -2.62. The number of hydrazone groups is 1. The number of anilines is 1. The molecule has 2 aromatic carbocycles. The van der Waals surface area contributed by atoms with Gasteiger partial charge in [-0.3, -0.25) is 5.41 Å². The summed E-state index contributed by atoms with van der Waals surface area (Å²) < 4.78 is 0. The van der Waals surface area contributed by atoms with E-state index >= 15 is 0 Å². The summed E-state index contributed by atoms with van der Waals surface area (Å²) in [5, 5.41) is 12.5. The zero-order valence-electron chi connectivity index (χ0n) is 12.9. The van der Waals surface area contributed by atoms with E-state index in [9.17, 15) is 0 Å². The van der Waals surface area contributed by atoms with E-state index in [1.807, 2.05) is 36.4 Å². The Labute approximate surface area is 130 Å². The molecule has 4 nitrogen and oxygen atoms in total. The Morgan fingerprint density at radius 2 is 1.68 bits per heavy atom. The Morgan fingerprint density at radius 1 is 1.05 bits per heavy atom. The molecule has 0 unspecified atom stereocenters. The molecule has 112 valence electrons. The van der Waals surface area contributed by atoms with Gasteiger partial charge in [0.1, 0.15) is 5.71 Å². The molecule has 0 atom stereocenters. The fraction of sp³-hybridized carbons (Fsp3) is 0.222. The summed E-state index contributed by atoms with van der Waals surface area (Å²) in [5.74, 6) is 5.61. The van der Waals surface area contributed by atoms with Crippen LogP contribution in [0.2, 0.25) is 0 Å². The van der Waals surface area contributed by atoms with E-state index in [0.717, 1.165) is 28.9 Å². The first-order valence-electron chi connectivity index (χ1n) is 7.44. The lowest BCUT2D eigenvalue weighted by atomic mass is 9.91. The third-order valence-electron chi connectivity index (χ3n) is 4.09. The van der Waals surface area contributed by atoms with Gasteiger partial charge in [-0.25, -0.2) is 0 Å². The van der Waals surface area contributed by atoms with Crippen LogP contribution in [-0.2, 0) is 6.54 Å². The molecular weight excluding hydrogens is 272 g/mol. The minimum Gasteiger partial charge on any atom is -0.364 e. The van der Waals surface area contributed by atoms with Crippen molar-refractivity contribution in [3.63, 3.8) is 0 Å². The van der Waals surface area contributed by atoms with E-state index in [4.69, 9.17) is 11.3 Å². The van der Waals surface area contributed by atoms with Gasteiger partial charge in [-0.2, -0.15) is 5.10 Å². The molecule has 0 fully saturated rings. The SMILES string of the molecule is CC(C)N1Cc2ccccc2C(=NN)C(=N)c2ccccc21. The number of hydrogen-bond acceptors (Lipinski definition) is 4. The number of rotatable bonds is 1. The molecule has 1 aliphatic heterocycles. The van der Waals surface area contributed by atoms with Crippen LogP contribution < -0.4 is 10.7 Å². The first-order valence-corrected chi connectivity index (χ1v) is 7.44. The van der Waals surface area contributed by atoms with Crippen LogP contribution in [0.3, 0.4) is 0 Å². The van der Waals surface area contributed by atoms with Gasteiger partial charge in [-0.15, -0.1) is 0 Å². The molecule has 0 aromatic heterocycles. The van der Waals surface area contributed by atoms with Crippen LogP contribution in [-0.4, -0.2) is 17.5 Å². The summed E-state index contributed by atoms with van der Waals surface area (Å²) >= 11 is 0. The van der Waals surface area contributed by atoms with E-state index in [2.05, 4.69) is 36.0 Å². The van der Waals surface area contributed by atoms with Crippen molar-refractivity contribution in [2.45, 2.75) is 26.4 Å². The highest BCUT2D eigenvalue weighted by molar-refractivity contribution is 6.53. The second-order valence-corrected chi connectivity index (χ2v) is 5.75. The van der Waals surface area contributed by atoms with Crippen LogP contribution in [0.15, 0.2) is 53.6 Å². The summed E-state index contributed by atoms with van der Waals surface area (Å²) in [5.41, 5.74) is 4.92. The Balaban J connectivity index is 2.27. The molecular formula is C18H20N4. The van der Waals surface area contributed by atoms with E-state index in [0.29, 0.717) is 17.5 Å². The van der Waals surface area contributed by atoms with Crippen LogP contribution in [0.1, 0.15) is 30.5 Å². The number of benzene rings is 2. The second-order valence-electron chi connectivity index (χ2n) is 5.75. The van der Waals surface area contributed by atoms with Crippen molar-refractivity contribution in [2.75, 3.05) is 4.90 Å². The van der Waals surface area contributed by atoms with Gasteiger partial charge >= 0.3 is 0 Å². The van der Waals surface area contributed by atoms with Gasteiger partial charge in [0.2, 0.25) is 0 Å². The largest absolute Gasteiger partial charge is 0.364 e. The zero-order valence-corrected chi connectivity index (χ0v) is 12.9. The number of nitrogens with one attached hydrogen (secondary N) is 1. The topological polar surface area (TPSA) is 65.5 Å². The van der Waals surface area contributed by atoms with Gasteiger partial charge in [0.15, 0.2) is 0 Å². The fourth-order valence-electron chi connectivity index (χ4n) is 2.95. The minimum absolute atomic E-state index is 0.332. The normalized spacial score (nSPS) is 16.2. The maximum Gasteiger partial charge on any atom is 0.116 e. The average Bonchev–Trinajstić information content (AvgIpc) is 2.53. The lowest BCUT2D eigenvalue weighted by Gasteiger charge is -2.33. The summed E-state index contributed by atoms with van der Waals surface area (Å²) in [7, 11) is 0. The minimum atomic E-state index is 0.332. The third kappa shape index (κ3) is 2.26. The van der Waals surface area contributed by atoms with Gasteiger partial charge in [-0.1, -0.05) is 42.5 Å². The summed E-state index contributed by atoms with van der Waals surface area (Å²) in [6, 6.07) is 16.4. The van der Waals surface area contributed by atoms with Gasteiger partial charge < -0.3 is 10.7 Å². The molecule has 0 saturated carbocycles. The maximum atomic E-state index is 8.59. The van der Waals surface area contributed by atoms with E-state index in [-0.39, 0.29) is 0 Å². The van der Waals surface area contributed by atoms with Gasteiger partial charge in [0.25, 0.3) is 0 Å². The molecule has 4 heteroatoms. The molecule has 1 aliphatic rings. The molecule has 0 aliphatic carbocycles. The first-order chi connectivity index (χ1) is 10.6. The van der Waals surface area contributed by atoms with E-state index in [1.54, 1.807) is 0 Å². The van der Waals surface area contributed by atoms with Crippen molar-refractivity contribution < 1.29 is 0 Å². The molecule has 1 heterocycles. The van der Waals surface area contributed by atoms with E-state index in [1.165, 1.54) is 0 Å². The lowest BCUT2D eigenvalue weighted by molar-refractivity contribution is 0.681. The first kappa shape index (κ1) is 14.3. The predicted octanol–water partition coefficient (Wildman–Crippen LogP) is 3.15. The standard InChI is InChI=1S/C18H20N4/c1-12(2)22-11-13-7-3-4-8-14(13)18(21-20)17(19)15-9-5-6-10-16(15)22/h3-10,12,19H,11,20H2,1-2H3. The van der Waals surface area contributed by atoms with Crippen molar-refractivity contribution in [3.8, 4) is 0 Å². The molecule has 22 heavy (non-hydrogen) atoms. The highest BCUT2D eigenvalue weighted by atomic mass is 15.2. The van der Waals surface area contributed by atoms with Gasteiger partial charge in [-0.05, 0) is 25.5 Å². The summed E-state index contributed by atoms with van der Waals surface area (Å²) in [4.78, 5) is 2.32. The smallest absolute Gasteiger partial charge is 0.116 e. The lowest BCUT2D eigenvalue weighted by Crippen LogP contribution is -2.35. The van der Waals surface area contributed by atoms with Crippen molar-refractivity contribution in [1.82, 2.24) is 0 Å². The van der Waals surface area contributed by atoms with Crippen molar-refractivity contribution in [1.29, 1.82) is 5.41 Å².